The second kappa shape index (κ2) is 9.93. The second-order valence-electron chi connectivity index (χ2n) is 3.52. The van der Waals surface area contributed by atoms with Crippen molar-refractivity contribution < 1.29 is 14.3 Å². The van der Waals surface area contributed by atoms with Gasteiger partial charge < -0.3 is 14.8 Å². The molecule has 0 bridgehead atoms. The number of unbranched alkanes of at least 4 members (excludes halogenated alkanes) is 2. The van der Waals surface area contributed by atoms with Crippen molar-refractivity contribution in [2.24, 2.45) is 0 Å². The minimum atomic E-state index is -0.184. The molecule has 0 aromatic heterocycles. The summed E-state index contributed by atoms with van der Waals surface area (Å²) < 4.78 is 9.65. The third-order valence-corrected chi connectivity index (χ3v) is 2.28. The van der Waals surface area contributed by atoms with Gasteiger partial charge in [0.05, 0.1) is 13.7 Å². The summed E-state index contributed by atoms with van der Waals surface area (Å²) in [6.45, 7) is 3.44. The monoisotopic (exact) mass is 217 g/mol. The highest BCUT2D eigenvalue weighted by Crippen LogP contribution is 2.04. The Morgan fingerprint density at radius 1 is 1.33 bits per heavy atom. The third-order valence-electron chi connectivity index (χ3n) is 2.28. The Balaban J connectivity index is 3.79. The molecule has 1 atom stereocenters. The molecule has 90 valence electrons. The predicted octanol–water partition coefficient (Wildman–Crippen LogP) is 1.34. The van der Waals surface area contributed by atoms with Crippen molar-refractivity contribution in [3.8, 4) is 0 Å². The molecule has 4 heteroatoms. The van der Waals surface area contributed by atoms with E-state index in [2.05, 4.69) is 12.2 Å². The molecule has 0 aromatic carbocycles. The quantitative estimate of drug-likeness (QED) is 0.468. The zero-order chi connectivity index (χ0) is 11.5. The molecular weight excluding hydrogens is 194 g/mol. The van der Waals surface area contributed by atoms with Crippen LogP contribution in [0.4, 0.5) is 0 Å². The molecule has 1 unspecified atom stereocenters. The van der Waals surface area contributed by atoms with Crippen molar-refractivity contribution in [2.75, 3.05) is 27.4 Å². The topological polar surface area (TPSA) is 47.6 Å². The molecule has 15 heavy (non-hydrogen) atoms. The van der Waals surface area contributed by atoms with Crippen LogP contribution >= 0.6 is 0 Å². The van der Waals surface area contributed by atoms with E-state index in [0.717, 1.165) is 25.7 Å². The zero-order valence-corrected chi connectivity index (χ0v) is 10.0. The van der Waals surface area contributed by atoms with E-state index in [4.69, 9.17) is 9.47 Å². The number of carbonyl (C=O) groups excluding carboxylic acids is 1. The molecule has 0 aliphatic carbocycles. The molecule has 0 aliphatic rings. The number of carbonyl (C=O) groups is 1. The maximum atomic E-state index is 11.4. The molecule has 0 spiro atoms. The highest BCUT2D eigenvalue weighted by atomic mass is 16.5. The number of esters is 1. The second-order valence-corrected chi connectivity index (χ2v) is 3.52. The summed E-state index contributed by atoms with van der Waals surface area (Å²) in [5.41, 5.74) is 0. The number of methoxy groups -OCH3 is 2. The van der Waals surface area contributed by atoms with Crippen LogP contribution in [0.1, 0.15) is 32.6 Å². The van der Waals surface area contributed by atoms with E-state index in [0.29, 0.717) is 13.2 Å². The summed E-state index contributed by atoms with van der Waals surface area (Å²) in [6.07, 6.45) is 4.20. The normalized spacial score (nSPS) is 12.5. The van der Waals surface area contributed by atoms with E-state index < -0.39 is 0 Å². The molecule has 0 saturated heterocycles. The van der Waals surface area contributed by atoms with E-state index >= 15 is 0 Å². The van der Waals surface area contributed by atoms with Crippen LogP contribution in [0, 0.1) is 0 Å². The van der Waals surface area contributed by atoms with Gasteiger partial charge in [0, 0.05) is 13.7 Å². The van der Waals surface area contributed by atoms with Crippen molar-refractivity contribution in [3.05, 3.63) is 0 Å². The lowest BCUT2D eigenvalue weighted by Crippen LogP contribution is -2.39. The zero-order valence-electron chi connectivity index (χ0n) is 10.0. The molecule has 0 amide bonds. The van der Waals surface area contributed by atoms with Crippen molar-refractivity contribution >= 4 is 5.97 Å². The molecule has 4 nitrogen and oxygen atoms in total. The van der Waals surface area contributed by atoms with Crippen LogP contribution < -0.4 is 5.32 Å². The summed E-state index contributed by atoms with van der Waals surface area (Å²) in [6, 6.07) is -0.184. The predicted molar refractivity (Wildman–Crippen MR) is 59.8 cm³/mol. The Hall–Kier alpha value is -0.610. The van der Waals surface area contributed by atoms with Gasteiger partial charge in [0.15, 0.2) is 0 Å². The molecular formula is C11H23NO3. The SMILES string of the molecule is CCCCCC(NCCOC)C(=O)OC. The fraction of sp³-hybridized carbons (Fsp3) is 0.909. The van der Waals surface area contributed by atoms with Gasteiger partial charge in [-0.05, 0) is 6.42 Å². The average molecular weight is 217 g/mol. The van der Waals surface area contributed by atoms with Crippen molar-refractivity contribution in [3.63, 3.8) is 0 Å². The minimum Gasteiger partial charge on any atom is -0.468 e. The summed E-state index contributed by atoms with van der Waals surface area (Å²) >= 11 is 0. The Morgan fingerprint density at radius 3 is 2.60 bits per heavy atom. The van der Waals surface area contributed by atoms with Crippen LogP contribution in [-0.4, -0.2) is 39.4 Å². The molecule has 0 aromatic rings. The number of hydrogen-bond donors (Lipinski definition) is 1. The molecule has 0 heterocycles. The van der Waals surface area contributed by atoms with Gasteiger partial charge >= 0.3 is 5.97 Å². The van der Waals surface area contributed by atoms with Crippen molar-refractivity contribution in [1.29, 1.82) is 0 Å². The van der Waals surface area contributed by atoms with Gasteiger partial charge in [-0.2, -0.15) is 0 Å². The summed E-state index contributed by atoms with van der Waals surface area (Å²) in [4.78, 5) is 11.4. The van der Waals surface area contributed by atoms with Crippen LogP contribution in [0.2, 0.25) is 0 Å². The van der Waals surface area contributed by atoms with Gasteiger partial charge in [0.25, 0.3) is 0 Å². The Bertz CT molecular complexity index is 152. The van der Waals surface area contributed by atoms with Crippen molar-refractivity contribution in [1.82, 2.24) is 5.32 Å². The first kappa shape index (κ1) is 14.4. The lowest BCUT2D eigenvalue weighted by Gasteiger charge is -2.15. The lowest BCUT2D eigenvalue weighted by molar-refractivity contribution is -0.143. The fourth-order valence-electron chi connectivity index (χ4n) is 1.38. The summed E-state index contributed by atoms with van der Waals surface area (Å²) in [5.74, 6) is -0.179. The standard InChI is InChI=1S/C11H23NO3/c1-4-5-6-7-10(11(13)15-3)12-8-9-14-2/h10,12H,4-9H2,1-3H3. The first-order valence-electron chi connectivity index (χ1n) is 5.56. The fourth-order valence-corrected chi connectivity index (χ4v) is 1.38. The van der Waals surface area contributed by atoms with E-state index in [-0.39, 0.29) is 12.0 Å². The summed E-state index contributed by atoms with van der Waals surface area (Å²) in [5, 5.41) is 3.13. The highest BCUT2D eigenvalue weighted by molar-refractivity contribution is 5.75. The number of rotatable bonds is 9. The van der Waals surface area contributed by atoms with Gasteiger partial charge in [-0.3, -0.25) is 4.79 Å². The number of nitrogens with one attached hydrogen (secondary N) is 1. The van der Waals surface area contributed by atoms with E-state index in [1.165, 1.54) is 7.11 Å². The molecule has 0 rings (SSSR count). The van der Waals surface area contributed by atoms with Crippen molar-refractivity contribution in [2.45, 2.75) is 38.6 Å². The lowest BCUT2D eigenvalue weighted by atomic mass is 10.1. The van der Waals surface area contributed by atoms with E-state index in [1.807, 2.05) is 0 Å². The third kappa shape index (κ3) is 7.33. The van der Waals surface area contributed by atoms with Crippen LogP contribution in [-0.2, 0) is 14.3 Å². The van der Waals surface area contributed by atoms with Gasteiger partial charge in [-0.1, -0.05) is 26.2 Å². The smallest absolute Gasteiger partial charge is 0.322 e. The highest BCUT2D eigenvalue weighted by Gasteiger charge is 2.17. The van der Waals surface area contributed by atoms with E-state index in [1.54, 1.807) is 7.11 Å². The molecule has 0 fully saturated rings. The number of ether oxygens (including phenoxy) is 2. The maximum Gasteiger partial charge on any atom is 0.322 e. The first-order valence-corrected chi connectivity index (χ1v) is 5.56. The maximum absolute atomic E-state index is 11.4. The molecule has 0 aliphatic heterocycles. The van der Waals surface area contributed by atoms with Crippen LogP contribution in [0.25, 0.3) is 0 Å². The Labute approximate surface area is 92.3 Å². The molecule has 1 N–H and O–H groups in total. The number of hydrogen-bond acceptors (Lipinski definition) is 4. The average Bonchev–Trinajstić information content (AvgIpc) is 2.26. The minimum absolute atomic E-state index is 0.179. The van der Waals surface area contributed by atoms with Crippen LogP contribution in [0.3, 0.4) is 0 Å². The largest absolute Gasteiger partial charge is 0.468 e. The Kier molecular flexibility index (Phi) is 9.52. The Morgan fingerprint density at radius 2 is 2.07 bits per heavy atom. The van der Waals surface area contributed by atoms with Crippen LogP contribution in [0.5, 0.6) is 0 Å². The van der Waals surface area contributed by atoms with Crippen LogP contribution in [0.15, 0.2) is 0 Å². The molecule has 0 radical (unpaired) electrons. The van der Waals surface area contributed by atoms with Gasteiger partial charge in [0.1, 0.15) is 6.04 Å². The van der Waals surface area contributed by atoms with E-state index in [9.17, 15) is 4.79 Å². The first-order chi connectivity index (χ1) is 7.26. The molecule has 0 saturated carbocycles. The summed E-state index contributed by atoms with van der Waals surface area (Å²) in [7, 11) is 3.07. The van der Waals surface area contributed by atoms with Gasteiger partial charge in [-0.15, -0.1) is 0 Å². The van der Waals surface area contributed by atoms with Gasteiger partial charge in [0.2, 0.25) is 0 Å². The van der Waals surface area contributed by atoms with Gasteiger partial charge in [-0.25, -0.2) is 0 Å².